The fourth-order valence-electron chi connectivity index (χ4n) is 4.44. The van der Waals surface area contributed by atoms with E-state index in [9.17, 15) is 0 Å². The fourth-order valence-corrected chi connectivity index (χ4v) is 4.44. The van der Waals surface area contributed by atoms with E-state index in [0.29, 0.717) is 6.61 Å². The molecule has 0 radical (unpaired) electrons. The largest absolute Gasteiger partial charge is 0.337 e. The van der Waals surface area contributed by atoms with Crippen LogP contribution in [0.1, 0.15) is 38.9 Å². The highest BCUT2D eigenvalue weighted by Gasteiger charge is 2.22. The zero-order valence-corrected chi connectivity index (χ0v) is 17.6. The van der Waals surface area contributed by atoms with Crippen molar-refractivity contribution in [3.63, 3.8) is 0 Å². The van der Waals surface area contributed by atoms with Gasteiger partial charge in [0.25, 0.3) is 0 Å². The van der Waals surface area contributed by atoms with E-state index in [0.717, 1.165) is 31.4 Å². The second-order valence-electron chi connectivity index (χ2n) is 8.11. The van der Waals surface area contributed by atoms with E-state index >= 15 is 0 Å². The molecule has 2 nitrogen and oxygen atoms in total. The predicted octanol–water partition coefficient (Wildman–Crippen LogP) is 6.33. The van der Waals surface area contributed by atoms with Crippen LogP contribution in [0.3, 0.4) is 0 Å². The molecule has 4 aromatic rings. The Balaban J connectivity index is 1.67. The third-order valence-electron chi connectivity index (χ3n) is 5.99. The minimum Gasteiger partial charge on any atom is -0.337 e. The molecule has 2 bridgehead atoms. The highest BCUT2D eigenvalue weighted by Crippen LogP contribution is 2.36. The minimum atomic E-state index is 0.574. The van der Waals surface area contributed by atoms with Crippen LogP contribution in [0.2, 0.25) is 0 Å². The Labute approximate surface area is 184 Å². The molecule has 154 valence electrons. The summed E-state index contributed by atoms with van der Waals surface area (Å²) in [6, 6.07) is 34.3. The molecule has 0 saturated heterocycles. The summed E-state index contributed by atoms with van der Waals surface area (Å²) < 4.78 is 0. The first-order valence-corrected chi connectivity index (χ1v) is 10.9. The van der Waals surface area contributed by atoms with Crippen LogP contribution in [-0.2, 0) is 30.6 Å². The Hall–Kier alpha value is -3.36. The quantitative estimate of drug-likeness (QED) is 0.349. The lowest BCUT2D eigenvalue weighted by molar-refractivity contribution is -0.203. The Morgan fingerprint density at radius 1 is 0.548 bits per heavy atom. The molecule has 5 rings (SSSR count). The second-order valence-corrected chi connectivity index (χ2v) is 8.11. The molecule has 4 aromatic carbocycles. The van der Waals surface area contributed by atoms with E-state index in [2.05, 4.69) is 97.1 Å². The van der Waals surface area contributed by atoms with Crippen LogP contribution in [-0.4, -0.2) is 6.61 Å². The van der Waals surface area contributed by atoms with Gasteiger partial charge in [-0.05, 0) is 52.3 Å². The monoisotopic (exact) mass is 406 g/mol. The number of hydrogen-bond donors (Lipinski definition) is 0. The van der Waals surface area contributed by atoms with E-state index in [1.54, 1.807) is 0 Å². The minimum absolute atomic E-state index is 0.574. The summed E-state index contributed by atoms with van der Waals surface area (Å²) in [6.45, 7) is 0.574. The van der Waals surface area contributed by atoms with Gasteiger partial charge in [0.1, 0.15) is 0 Å². The molecule has 0 fully saturated rings. The first kappa shape index (κ1) is 19.6. The van der Waals surface area contributed by atoms with Crippen molar-refractivity contribution >= 4 is 0 Å². The molecular weight excluding hydrogens is 380 g/mol. The highest BCUT2D eigenvalue weighted by atomic mass is 17.2. The van der Waals surface area contributed by atoms with E-state index in [4.69, 9.17) is 9.78 Å². The van der Waals surface area contributed by atoms with Crippen LogP contribution < -0.4 is 4.89 Å². The first-order valence-electron chi connectivity index (χ1n) is 10.9. The fraction of sp³-hybridized carbons (Fsp3) is 0.172. The average molecular weight is 407 g/mol. The topological polar surface area (TPSA) is 18.5 Å². The van der Waals surface area contributed by atoms with Crippen molar-refractivity contribution in [1.29, 1.82) is 0 Å². The van der Waals surface area contributed by atoms with Crippen LogP contribution in [0.15, 0.2) is 97.1 Å². The molecular formula is C29H26O2. The molecule has 0 aromatic heterocycles. The van der Waals surface area contributed by atoms with Crippen molar-refractivity contribution in [2.24, 2.45) is 0 Å². The molecule has 0 N–H and O–H groups in total. The van der Waals surface area contributed by atoms with Crippen molar-refractivity contribution < 1.29 is 9.78 Å². The van der Waals surface area contributed by atoms with Gasteiger partial charge in [-0.25, -0.2) is 0 Å². The SMILES string of the molecule is c1ccc(Cc2c3cc(c(Cc4ccccc4)c2Cc2ccccc2)OOCC3)cc1. The number of fused-ring (bicyclic) bond motifs is 2. The molecule has 1 aliphatic heterocycles. The van der Waals surface area contributed by atoms with Gasteiger partial charge in [0, 0.05) is 18.4 Å². The highest BCUT2D eigenvalue weighted by molar-refractivity contribution is 5.54. The number of hydrogen-bond acceptors (Lipinski definition) is 2. The van der Waals surface area contributed by atoms with Crippen LogP contribution in [0, 0.1) is 0 Å². The van der Waals surface area contributed by atoms with Gasteiger partial charge < -0.3 is 4.89 Å². The summed E-state index contributed by atoms with van der Waals surface area (Å²) in [5.74, 6) is 0.860. The van der Waals surface area contributed by atoms with Gasteiger partial charge >= 0.3 is 0 Å². The van der Waals surface area contributed by atoms with Gasteiger partial charge in [0.15, 0.2) is 5.75 Å². The zero-order valence-electron chi connectivity index (χ0n) is 17.6. The maximum atomic E-state index is 5.79. The standard InChI is InChI=1S/C29H26O2/c1-4-10-22(11-5-1)18-26-25-16-17-30-31-29(21-25)28(20-24-14-8-3-9-15-24)27(26)19-23-12-6-2-7-13-23/h1-15,21H,16-20H2. The lowest BCUT2D eigenvalue weighted by Crippen LogP contribution is -2.08. The molecule has 0 unspecified atom stereocenters. The molecule has 0 atom stereocenters. The number of rotatable bonds is 6. The smallest absolute Gasteiger partial charge is 0.169 e. The van der Waals surface area contributed by atoms with Crippen LogP contribution in [0.4, 0.5) is 0 Å². The molecule has 0 saturated carbocycles. The Bertz CT molecular complexity index is 1070. The summed E-state index contributed by atoms with van der Waals surface area (Å²) in [5.41, 5.74) is 9.27. The molecule has 31 heavy (non-hydrogen) atoms. The van der Waals surface area contributed by atoms with Crippen LogP contribution >= 0.6 is 0 Å². The summed E-state index contributed by atoms with van der Waals surface area (Å²) in [6.07, 6.45) is 3.49. The Morgan fingerprint density at radius 2 is 1.03 bits per heavy atom. The lowest BCUT2D eigenvalue weighted by atomic mass is 9.84. The van der Waals surface area contributed by atoms with Gasteiger partial charge in [0.05, 0.1) is 6.61 Å². The first-order chi connectivity index (χ1) is 15.4. The second kappa shape index (κ2) is 9.20. The summed E-state index contributed by atoms with van der Waals surface area (Å²) in [7, 11) is 0. The van der Waals surface area contributed by atoms with Gasteiger partial charge in [-0.3, -0.25) is 0 Å². The van der Waals surface area contributed by atoms with Gasteiger partial charge in [-0.15, -0.1) is 0 Å². The Kier molecular flexibility index (Phi) is 5.81. The van der Waals surface area contributed by atoms with Crippen molar-refractivity contribution in [3.05, 3.63) is 136 Å². The van der Waals surface area contributed by atoms with E-state index in [1.165, 1.54) is 38.9 Å². The maximum absolute atomic E-state index is 5.79. The summed E-state index contributed by atoms with van der Waals surface area (Å²) >= 11 is 0. The van der Waals surface area contributed by atoms with Crippen LogP contribution in [0.5, 0.6) is 5.75 Å². The van der Waals surface area contributed by atoms with E-state index in [-0.39, 0.29) is 0 Å². The van der Waals surface area contributed by atoms with E-state index < -0.39 is 0 Å². The Morgan fingerprint density at radius 3 is 1.58 bits per heavy atom. The normalized spacial score (nSPS) is 12.8. The lowest BCUT2D eigenvalue weighted by Gasteiger charge is -2.20. The molecule has 0 spiro atoms. The van der Waals surface area contributed by atoms with Crippen molar-refractivity contribution in [1.82, 2.24) is 0 Å². The van der Waals surface area contributed by atoms with Crippen molar-refractivity contribution in [3.8, 4) is 5.75 Å². The molecule has 2 heteroatoms. The van der Waals surface area contributed by atoms with Gasteiger partial charge in [-0.2, -0.15) is 4.89 Å². The van der Waals surface area contributed by atoms with Crippen molar-refractivity contribution in [2.45, 2.75) is 25.7 Å². The third-order valence-corrected chi connectivity index (χ3v) is 5.99. The summed E-state index contributed by atoms with van der Waals surface area (Å²) in [4.78, 5) is 11.3. The van der Waals surface area contributed by atoms with E-state index in [1.807, 2.05) is 0 Å². The van der Waals surface area contributed by atoms with Crippen LogP contribution in [0.25, 0.3) is 0 Å². The van der Waals surface area contributed by atoms with Gasteiger partial charge in [-0.1, -0.05) is 91.0 Å². The third kappa shape index (κ3) is 4.55. The summed E-state index contributed by atoms with van der Waals surface area (Å²) in [5, 5.41) is 0. The molecule has 1 aliphatic rings. The molecule has 1 heterocycles. The average Bonchev–Trinajstić information content (AvgIpc) is 3.05. The molecule has 0 amide bonds. The number of benzene rings is 4. The van der Waals surface area contributed by atoms with Crippen molar-refractivity contribution in [2.75, 3.05) is 6.61 Å². The molecule has 0 aliphatic carbocycles. The van der Waals surface area contributed by atoms with Gasteiger partial charge in [0.2, 0.25) is 0 Å². The zero-order chi connectivity index (χ0) is 20.9. The predicted molar refractivity (Wildman–Crippen MR) is 124 cm³/mol. The maximum Gasteiger partial charge on any atom is 0.169 e.